The molecule has 2 rings (SSSR count). The molecule has 1 heterocycles. The zero-order valence-electron chi connectivity index (χ0n) is 15.6. The van der Waals surface area contributed by atoms with Gasteiger partial charge in [-0.2, -0.15) is 0 Å². The average molecular weight is 350 g/mol. The number of carbonyl (C=O) groups excluding carboxylic acids is 1. The zero-order chi connectivity index (χ0) is 18.0. The van der Waals surface area contributed by atoms with Crippen LogP contribution in [-0.2, 0) is 15.6 Å². The van der Waals surface area contributed by atoms with Crippen molar-refractivity contribution in [1.29, 1.82) is 0 Å². The maximum Gasteiger partial charge on any atom is 0.251 e. The number of hydrogen-bond acceptors (Lipinski definition) is 3. The Morgan fingerprint density at radius 1 is 1.25 bits per heavy atom. The highest BCUT2D eigenvalue weighted by Crippen LogP contribution is 2.37. The number of likely N-dealkylation sites (tertiary alicyclic amines) is 1. The molecule has 1 amide bonds. The fourth-order valence-corrected chi connectivity index (χ4v) is 3.71. The summed E-state index contributed by atoms with van der Waals surface area (Å²) in [6.07, 6.45) is -0.111. The number of aliphatic hydroxyl groups is 1. The third-order valence-corrected chi connectivity index (χ3v) is 9.94. The molecule has 5 heteroatoms. The van der Waals surface area contributed by atoms with Crippen molar-refractivity contribution in [1.82, 2.24) is 4.90 Å². The Labute approximate surface area is 147 Å². The van der Waals surface area contributed by atoms with Crippen LogP contribution in [0.15, 0.2) is 30.3 Å². The van der Waals surface area contributed by atoms with Crippen molar-refractivity contribution in [3.63, 3.8) is 0 Å². The van der Waals surface area contributed by atoms with E-state index in [0.29, 0.717) is 19.7 Å². The van der Waals surface area contributed by atoms with Gasteiger partial charge in [0, 0.05) is 25.6 Å². The van der Waals surface area contributed by atoms with Crippen LogP contribution in [0, 0.1) is 5.92 Å². The number of carbonyl (C=O) groups is 1. The van der Waals surface area contributed by atoms with Crippen molar-refractivity contribution in [2.24, 2.45) is 5.92 Å². The maximum atomic E-state index is 12.3. The topological polar surface area (TPSA) is 49.8 Å². The summed E-state index contributed by atoms with van der Waals surface area (Å²) in [6.45, 7) is 12.7. The summed E-state index contributed by atoms with van der Waals surface area (Å²) >= 11 is 0. The van der Waals surface area contributed by atoms with Crippen molar-refractivity contribution in [3.05, 3.63) is 35.9 Å². The predicted molar refractivity (Wildman–Crippen MR) is 99.4 cm³/mol. The highest BCUT2D eigenvalue weighted by molar-refractivity contribution is 6.74. The summed E-state index contributed by atoms with van der Waals surface area (Å²) in [6, 6.07) is 10.1. The quantitative estimate of drug-likeness (QED) is 0.803. The first-order valence-electron chi connectivity index (χ1n) is 8.76. The van der Waals surface area contributed by atoms with Gasteiger partial charge in [0.15, 0.2) is 8.32 Å². The summed E-state index contributed by atoms with van der Waals surface area (Å²) in [5.74, 6) is -0.280. The monoisotopic (exact) mass is 349 g/mol. The van der Waals surface area contributed by atoms with Crippen LogP contribution >= 0.6 is 0 Å². The first-order chi connectivity index (χ1) is 11.1. The summed E-state index contributed by atoms with van der Waals surface area (Å²) in [4.78, 5) is 14.1. The summed E-state index contributed by atoms with van der Waals surface area (Å²) in [5, 5.41) is 10.4. The Hall–Kier alpha value is -1.17. The number of benzene rings is 1. The van der Waals surface area contributed by atoms with E-state index in [1.54, 1.807) is 4.90 Å². The van der Waals surface area contributed by atoms with Gasteiger partial charge in [-0.1, -0.05) is 51.1 Å². The lowest BCUT2D eigenvalue weighted by molar-refractivity contribution is -0.135. The van der Waals surface area contributed by atoms with Crippen molar-refractivity contribution in [2.75, 3.05) is 19.7 Å². The van der Waals surface area contributed by atoms with Crippen LogP contribution in [0.4, 0.5) is 0 Å². The first-order valence-corrected chi connectivity index (χ1v) is 11.7. The van der Waals surface area contributed by atoms with Gasteiger partial charge in [0.2, 0.25) is 0 Å². The third kappa shape index (κ3) is 4.46. The molecule has 24 heavy (non-hydrogen) atoms. The Balaban J connectivity index is 1.89. The van der Waals surface area contributed by atoms with Crippen molar-refractivity contribution < 1.29 is 14.3 Å². The van der Waals surface area contributed by atoms with Gasteiger partial charge in [0.25, 0.3) is 5.91 Å². The minimum absolute atomic E-state index is 0.123. The van der Waals surface area contributed by atoms with E-state index >= 15 is 0 Å². The van der Waals surface area contributed by atoms with Crippen LogP contribution in [0.1, 0.15) is 26.3 Å². The van der Waals surface area contributed by atoms with Crippen LogP contribution in [0.2, 0.25) is 18.1 Å². The van der Waals surface area contributed by atoms with E-state index in [1.165, 1.54) is 5.56 Å². The number of hydrogen-bond donors (Lipinski definition) is 1. The first kappa shape index (κ1) is 19.2. The van der Waals surface area contributed by atoms with Crippen molar-refractivity contribution in [2.45, 2.75) is 51.4 Å². The second-order valence-electron chi connectivity index (χ2n) is 8.30. The van der Waals surface area contributed by atoms with E-state index < -0.39 is 14.4 Å². The molecule has 0 spiro atoms. The molecule has 0 radical (unpaired) electrons. The molecule has 1 saturated heterocycles. The van der Waals surface area contributed by atoms with Gasteiger partial charge < -0.3 is 14.4 Å². The molecule has 1 N–H and O–H groups in total. The molecule has 1 aliphatic rings. The van der Waals surface area contributed by atoms with E-state index in [-0.39, 0.29) is 16.9 Å². The largest absolute Gasteiger partial charge is 0.416 e. The molecule has 134 valence electrons. The molecule has 1 aromatic rings. The second kappa shape index (κ2) is 7.38. The van der Waals surface area contributed by atoms with Crippen molar-refractivity contribution in [3.8, 4) is 0 Å². The predicted octanol–water partition coefficient (Wildman–Crippen LogP) is 3.07. The summed E-state index contributed by atoms with van der Waals surface area (Å²) in [5.41, 5.74) is 1.21. The molecule has 4 nitrogen and oxygen atoms in total. The number of aliphatic hydroxyl groups excluding tert-OH is 1. The van der Waals surface area contributed by atoms with Gasteiger partial charge >= 0.3 is 0 Å². The zero-order valence-corrected chi connectivity index (χ0v) is 16.6. The second-order valence-corrected chi connectivity index (χ2v) is 13.1. The van der Waals surface area contributed by atoms with Crippen LogP contribution in [0.3, 0.4) is 0 Å². The van der Waals surface area contributed by atoms with E-state index in [9.17, 15) is 9.90 Å². The normalized spacial score (nSPS) is 22.2. The average Bonchev–Trinajstić information content (AvgIpc) is 2.79. The van der Waals surface area contributed by atoms with Crippen LogP contribution in [0.5, 0.6) is 0 Å². The van der Waals surface area contributed by atoms with Gasteiger partial charge in [-0.3, -0.25) is 4.79 Å². The molecular formula is C19H31NO3Si. The van der Waals surface area contributed by atoms with E-state index in [0.717, 1.165) is 6.42 Å². The highest BCUT2D eigenvalue weighted by atomic mass is 28.4. The Kier molecular flexibility index (Phi) is 5.89. The van der Waals surface area contributed by atoms with Gasteiger partial charge in [-0.25, -0.2) is 0 Å². The summed E-state index contributed by atoms with van der Waals surface area (Å²) < 4.78 is 6.21. The molecule has 0 aromatic heterocycles. The molecule has 1 fully saturated rings. The van der Waals surface area contributed by atoms with Gasteiger partial charge in [0.1, 0.15) is 6.10 Å². The van der Waals surface area contributed by atoms with Crippen LogP contribution in [0.25, 0.3) is 0 Å². The number of rotatable bonds is 6. The lowest BCUT2D eigenvalue weighted by Crippen LogP contribution is -2.43. The molecule has 0 saturated carbocycles. The van der Waals surface area contributed by atoms with E-state index in [1.807, 2.05) is 18.2 Å². The molecular weight excluding hydrogens is 318 g/mol. The molecule has 1 aliphatic heterocycles. The smallest absolute Gasteiger partial charge is 0.251 e. The van der Waals surface area contributed by atoms with E-state index in [2.05, 4.69) is 46.0 Å². The Bertz CT molecular complexity index is 553. The van der Waals surface area contributed by atoms with Crippen molar-refractivity contribution >= 4 is 14.2 Å². The van der Waals surface area contributed by atoms with Gasteiger partial charge in [-0.05, 0) is 30.1 Å². The molecule has 0 bridgehead atoms. The molecule has 2 atom stereocenters. The molecule has 1 aromatic carbocycles. The minimum atomic E-state index is -1.86. The third-order valence-electron chi connectivity index (χ3n) is 5.44. The fourth-order valence-electron chi connectivity index (χ4n) is 2.65. The van der Waals surface area contributed by atoms with Crippen LogP contribution in [-0.4, -0.2) is 50.0 Å². The lowest BCUT2D eigenvalue weighted by Gasteiger charge is -2.37. The highest BCUT2D eigenvalue weighted by Gasteiger charge is 2.42. The Morgan fingerprint density at radius 3 is 2.46 bits per heavy atom. The maximum absolute atomic E-state index is 12.3. The number of amides is 1. The summed E-state index contributed by atoms with van der Waals surface area (Å²) in [7, 11) is -1.86. The van der Waals surface area contributed by atoms with Gasteiger partial charge in [0.05, 0.1) is 0 Å². The number of nitrogens with zero attached hydrogens (tertiary/aromatic N) is 1. The standard InChI is InChI=1S/C19H31NO3Si/c1-19(2,3)24(4,5)23-14-16-13-20(18(22)17(16)21)12-11-15-9-7-6-8-10-15/h6-10,16-17,21H,11-14H2,1-5H3/t16-,17-/m0/s1. The Morgan fingerprint density at radius 2 is 1.88 bits per heavy atom. The minimum Gasteiger partial charge on any atom is -0.416 e. The molecule has 0 unspecified atom stereocenters. The van der Waals surface area contributed by atoms with Crippen LogP contribution < -0.4 is 0 Å². The SMILES string of the molecule is CC(C)(C)[Si](C)(C)OC[C@@H]1CN(CCc2ccccc2)C(=O)[C@H]1O. The fraction of sp³-hybridized carbons (Fsp3) is 0.632. The van der Waals surface area contributed by atoms with E-state index in [4.69, 9.17) is 4.43 Å². The van der Waals surface area contributed by atoms with Gasteiger partial charge in [-0.15, -0.1) is 0 Å². The lowest BCUT2D eigenvalue weighted by atomic mass is 10.1. The molecule has 0 aliphatic carbocycles.